The first-order valence-corrected chi connectivity index (χ1v) is 7.61. The van der Waals surface area contributed by atoms with Crippen LogP contribution in [0, 0.1) is 13.8 Å². The second kappa shape index (κ2) is 6.26. The SMILES string of the molecule is Cc1cccc(NC(=O)c2cc(-c3cccc(Cl)c3)n[nH]2)c1C. The highest BCUT2D eigenvalue weighted by Gasteiger charge is 2.12. The van der Waals surface area contributed by atoms with E-state index in [2.05, 4.69) is 15.5 Å². The van der Waals surface area contributed by atoms with Gasteiger partial charge in [0, 0.05) is 16.3 Å². The molecule has 0 saturated heterocycles. The van der Waals surface area contributed by atoms with Gasteiger partial charge in [-0.3, -0.25) is 9.89 Å². The zero-order chi connectivity index (χ0) is 16.4. The molecule has 0 saturated carbocycles. The van der Waals surface area contributed by atoms with Crippen molar-refractivity contribution in [2.45, 2.75) is 13.8 Å². The van der Waals surface area contributed by atoms with Gasteiger partial charge in [-0.25, -0.2) is 0 Å². The minimum absolute atomic E-state index is 0.223. The van der Waals surface area contributed by atoms with Crippen LogP contribution in [-0.4, -0.2) is 16.1 Å². The fourth-order valence-electron chi connectivity index (χ4n) is 2.31. The molecule has 2 aromatic carbocycles. The Kier molecular flexibility index (Phi) is 4.17. The molecular formula is C18H16ClN3O. The molecule has 2 N–H and O–H groups in total. The molecule has 0 aliphatic rings. The quantitative estimate of drug-likeness (QED) is 0.739. The van der Waals surface area contributed by atoms with Crippen LogP contribution in [0.4, 0.5) is 5.69 Å². The van der Waals surface area contributed by atoms with Crippen molar-refractivity contribution in [1.29, 1.82) is 0 Å². The number of benzene rings is 2. The van der Waals surface area contributed by atoms with Crippen molar-refractivity contribution in [2.24, 2.45) is 0 Å². The molecule has 116 valence electrons. The van der Waals surface area contributed by atoms with E-state index < -0.39 is 0 Å². The maximum Gasteiger partial charge on any atom is 0.273 e. The summed E-state index contributed by atoms with van der Waals surface area (Å²) in [6.45, 7) is 3.99. The third kappa shape index (κ3) is 3.27. The number of anilines is 1. The van der Waals surface area contributed by atoms with E-state index in [-0.39, 0.29) is 5.91 Å². The van der Waals surface area contributed by atoms with Crippen molar-refractivity contribution in [1.82, 2.24) is 10.2 Å². The number of H-pyrrole nitrogens is 1. The number of amides is 1. The van der Waals surface area contributed by atoms with Crippen LogP contribution in [0.15, 0.2) is 48.5 Å². The Bertz CT molecular complexity index is 870. The van der Waals surface area contributed by atoms with Crippen molar-refractivity contribution >= 4 is 23.2 Å². The fourth-order valence-corrected chi connectivity index (χ4v) is 2.50. The lowest BCUT2D eigenvalue weighted by atomic mass is 10.1. The summed E-state index contributed by atoms with van der Waals surface area (Å²) in [7, 11) is 0. The Hall–Kier alpha value is -2.59. The summed E-state index contributed by atoms with van der Waals surface area (Å²) < 4.78 is 0. The summed E-state index contributed by atoms with van der Waals surface area (Å²) in [5.74, 6) is -0.223. The molecule has 1 aromatic heterocycles. The Morgan fingerprint density at radius 2 is 1.91 bits per heavy atom. The number of hydrogen-bond acceptors (Lipinski definition) is 2. The van der Waals surface area contributed by atoms with Gasteiger partial charge in [-0.2, -0.15) is 5.10 Å². The van der Waals surface area contributed by atoms with E-state index in [1.807, 2.05) is 50.2 Å². The molecule has 0 radical (unpaired) electrons. The molecular weight excluding hydrogens is 310 g/mol. The third-order valence-electron chi connectivity index (χ3n) is 3.80. The van der Waals surface area contributed by atoms with Gasteiger partial charge in [0.15, 0.2) is 0 Å². The van der Waals surface area contributed by atoms with E-state index in [0.717, 1.165) is 22.4 Å². The molecule has 1 heterocycles. The maximum atomic E-state index is 12.4. The second-order valence-electron chi connectivity index (χ2n) is 5.38. The zero-order valence-corrected chi connectivity index (χ0v) is 13.6. The van der Waals surface area contributed by atoms with Crippen molar-refractivity contribution in [3.05, 3.63) is 70.4 Å². The second-order valence-corrected chi connectivity index (χ2v) is 5.82. The lowest BCUT2D eigenvalue weighted by molar-refractivity contribution is 0.102. The maximum absolute atomic E-state index is 12.4. The van der Waals surface area contributed by atoms with Crippen LogP contribution < -0.4 is 5.32 Å². The Balaban J connectivity index is 1.83. The van der Waals surface area contributed by atoms with Gasteiger partial charge in [0.05, 0.1) is 5.69 Å². The predicted octanol–water partition coefficient (Wildman–Crippen LogP) is 4.60. The predicted molar refractivity (Wildman–Crippen MR) is 92.9 cm³/mol. The molecule has 5 heteroatoms. The van der Waals surface area contributed by atoms with E-state index >= 15 is 0 Å². The molecule has 3 aromatic rings. The highest BCUT2D eigenvalue weighted by Crippen LogP contribution is 2.22. The van der Waals surface area contributed by atoms with Crippen LogP contribution in [0.3, 0.4) is 0 Å². The van der Waals surface area contributed by atoms with Crippen molar-refractivity contribution in [3.8, 4) is 11.3 Å². The molecule has 0 atom stereocenters. The normalized spacial score (nSPS) is 10.6. The monoisotopic (exact) mass is 325 g/mol. The molecule has 0 spiro atoms. The number of aromatic amines is 1. The zero-order valence-electron chi connectivity index (χ0n) is 12.9. The van der Waals surface area contributed by atoms with Gasteiger partial charge in [-0.1, -0.05) is 35.9 Å². The van der Waals surface area contributed by atoms with Crippen LogP contribution in [-0.2, 0) is 0 Å². The first-order chi connectivity index (χ1) is 11.0. The fraction of sp³-hybridized carbons (Fsp3) is 0.111. The number of rotatable bonds is 3. The summed E-state index contributed by atoms with van der Waals surface area (Å²) in [4.78, 5) is 12.4. The summed E-state index contributed by atoms with van der Waals surface area (Å²) in [6, 6.07) is 14.9. The highest BCUT2D eigenvalue weighted by molar-refractivity contribution is 6.30. The number of aromatic nitrogens is 2. The van der Waals surface area contributed by atoms with Gasteiger partial charge in [0.2, 0.25) is 0 Å². The number of hydrogen-bond donors (Lipinski definition) is 2. The number of nitrogens with one attached hydrogen (secondary N) is 2. The third-order valence-corrected chi connectivity index (χ3v) is 4.03. The van der Waals surface area contributed by atoms with E-state index in [1.165, 1.54) is 0 Å². The Morgan fingerprint density at radius 3 is 2.70 bits per heavy atom. The van der Waals surface area contributed by atoms with Gasteiger partial charge in [-0.05, 0) is 49.2 Å². The molecule has 1 amide bonds. The summed E-state index contributed by atoms with van der Waals surface area (Å²) in [5.41, 5.74) is 4.93. The highest BCUT2D eigenvalue weighted by atomic mass is 35.5. The molecule has 0 aliphatic heterocycles. The van der Waals surface area contributed by atoms with Gasteiger partial charge in [-0.15, -0.1) is 0 Å². The van der Waals surface area contributed by atoms with Gasteiger partial charge < -0.3 is 5.32 Å². The summed E-state index contributed by atoms with van der Waals surface area (Å²) >= 11 is 5.99. The minimum atomic E-state index is -0.223. The van der Waals surface area contributed by atoms with Gasteiger partial charge >= 0.3 is 0 Å². The van der Waals surface area contributed by atoms with Crippen LogP contribution in [0.25, 0.3) is 11.3 Å². The molecule has 0 fully saturated rings. The Morgan fingerprint density at radius 1 is 1.13 bits per heavy atom. The van der Waals surface area contributed by atoms with E-state index in [4.69, 9.17) is 11.6 Å². The molecule has 23 heavy (non-hydrogen) atoms. The van der Waals surface area contributed by atoms with Gasteiger partial charge in [0.1, 0.15) is 5.69 Å². The molecule has 0 aliphatic carbocycles. The molecule has 3 rings (SSSR count). The van der Waals surface area contributed by atoms with Crippen LogP contribution in [0.2, 0.25) is 5.02 Å². The number of nitrogens with zero attached hydrogens (tertiary/aromatic N) is 1. The summed E-state index contributed by atoms with van der Waals surface area (Å²) in [6.07, 6.45) is 0. The number of aryl methyl sites for hydroxylation is 1. The average Bonchev–Trinajstić information content (AvgIpc) is 3.02. The molecule has 0 unspecified atom stereocenters. The smallest absolute Gasteiger partial charge is 0.273 e. The molecule has 0 bridgehead atoms. The number of carbonyl (C=O) groups excluding carboxylic acids is 1. The number of carbonyl (C=O) groups is 1. The van der Waals surface area contributed by atoms with Gasteiger partial charge in [0.25, 0.3) is 5.91 Å². The van der Waals surface area contributed by atoms with E-state index in [0.29, 0.717) is 16.4 Å². The topological polar surface area (TPSA) is 57.8 Å². The first-order valence-electron chi connectivity index (χ1n) is 7.23. The van der Waals surface area contributed by atoms with Crippen molar-refractivity contribution < 1.29 is 4.79 Å². The largest absolute Gasteiger partial charge is 0.320 e. The first kappa shape index (κ1) is 15.3. The van der Waals surface area contributed by atoms with E-state index in [1.54, 1.807) is 12.1 Å². The van der Waals surface area contributed by atoms with Crippen molar-refractivity contribution in [2.75, 3.05) is 5.32 Å². The van der Waals surface area contributed by atoms with Crippen LogP contribution >= 0.6 is 11.6 Å². The van der Waals surface area contributed by atoms with Crippen LogP contribution in [0.5, 0.6) is 0 Å². The number of halogens is 1. The van der Waals surface area contributed by atoms with Crippen molar-refractivity contribution in [3.63, 3.8) is 0 Å². The lowest BCUT2D eigenvalue weighted by Crippen LogP contribution is -2.13. The minimum Gasteiger partial charge on any atom is -0.320 e. The average molecular weight is 326 g/mol. The van der Waals surface area contributed by atoms with Crippen LogP contribution in [0.1, 0.15) is 21.6 Å². The lowest BCUT2D eigenvalue weighted by Gasteiger charge is -2.09. The summed E-state index contributed by atoms with van der Waals surface area (Å²) in [5, 5.41) is 10.5. The Labute approximate surface area is 139 Å². The van der Waals surface area contributed by atoms with E-state index in [9.17, 15) is 4.79 Å². The standard InChI is InChI=1S/C18H16ClN3O/c1-11-5-3-8-15(12(11)2)20-18(23)17-10-16(21-22-17)13-6-4-7-14(19)9-13/h3-10H,1-2H3,(H,20,23)(H,21,22). The molecule has 4 nitrogen and oxygen atoms in total.